The second kappa shape index (κ2) is 6.96. The van der Waals surface area contributed by atoms with Crippen molar-refractivity contribution in [2.24, 2.45) is 5.92 Å². The fraction of sp³-hybridized carbons (Fsp3) is 0.438. The number of nitrogens with zero attached hydrogens (tertiary/aromatic N) is 1. The lowest BCUT2D eigenvalue weighted by atomic mass is 9.98. The molecule has 0 unspecified atom stereocenters. The predicted octanol–water partition coefficient (Wildman–Crippen LogP) is 2.95. The Kier molecular flexibility index (Phi) is 5.24. The van der Waals surface area contributed by atoms with Crippen LogP contribution in [0.5, 0.6) is 0 Å². The average molecular weight is 313 g/mol. The number of hydrogen-bond acceptors (Lipinski definition) is 2. The molecule has 6 heteroatoms. The first-order chi connectivity index (χ1) is 10.4. The van der Waals surface area contributed by atoms with Gasteiger partial charge in [0.05, 0.1) is 5.56 Å². The number of carbonyl (C=O) groups is 1. The fourth-order valence-electron chi connectivity index (χ4n) is 2.43. The fourth-order valence-corrected chi connectivity index (χ4v) is 2.43. The van der Waals surface area contributed by atoms with Gasteiger partial charge >= 0.3 is 6.18 Å². The van der Waals surface area contributed by atoms with Crippen LogP contribution < -0.4 is 0 Å². The Morgan fingerprint density at radius 3 is 2.59 bits per heavy atom. The molecule has 1 N–H and O–H groups in total. The SMILES string of the molecule is O=C(/C=C/c1cccc(C(F)(F)F)c1)N1CCC(CO)CC1. The molecular weight excluding hydrogens is 295 g/mol. The Labute approximate surface area is 127 Å². The number of carbonyl (C=O) groups excluding carboxylic acids is 1. The maximum Gasteiger partial charge on any atom is 0.416 e. The number of aliphatic hydroxyl groups excluding tert-OH is 1. The van der Waals surface area contributed by atoms with E-state index in [0.29, 0.717) is 18.7 Å². The molecule has 1 aliphatic heterocycles. The van der Waals surface area contributed by atoms with E-state index in [9.17, 15) is 18.0 Å². The van der Waals surface area contributed by atoms with Gasteiger partial charge < -0.3 is 10.0 Å². The van der Waals surface area contributed by atoms with E-state index in [0.717, 1.165) is 25.0 Å². The van der Waals surface area contributed by atoms with Crippen LogP contribution in [0.4, 0.5) is 13.2 Å². The van der Waals surface area contributed by atoms with Crippen LogP contribution in [0.2, 0.25) is 0 Å². The van der Waals surface area contributed by atoms with Crippen LogP contribution in [0.3, 0.4) is 0 Å². The molecule has 1 amide bonds. The Morgan fingerprint density at radius 1 is 1.32 bits per heavy atom. The van der Waals surface area contributed by atoms with Gasteiger partial charge in [-0.3, -0.25) is 4.79 Å². The second-order valence-corrected chi connectivity index (χ2v) is 5.41. The van der Waals surface area contributed by atoms with E-state index >= 15 is 0 Å². The molecule has 1 saturated heterocycles. The Bertz CT molecular complexity index is 547. The third-order valence-corrected chi connectivity index (χ3v) is 3.82. The molecule has 1 fully saturated rings. The maximum absolute atomic E-state index is 12.6. The zero-order valence-corrected chi connectivity index (χ0v) is 12.0. The van der Waals surface area contributed by atoms with Gasteiger partial charge in [-0.1, -0.05) is 12.1 Å². The molecule has 1 aromatic carbocycles. The smallest absolute Gasteiger partial charge is 0.396 e. The van der Waals surface area contributed by atoms with Crippen LogP contribution in [0.1, 0.15) is 24.0 Å². The summed E-state index contributed by atoms with van der Waals surface area (Å²) in [7, 11) is 0. The van der Waals surface area contributed by atoms with E-state index in [-0.39, 0.29) is 18.4 Å². The van der Waals surface area contributed by atoms with Gasteiger partial charge in [-0.15, -0.1) is 0 Å². The Balaban J connectivity index is 1.98. The van der Waals surface area contributed by atoms with E-state index in [1.165, 1.54) is 24.3 Å². The molecule has 1 aromatic rings. The summed E-state index contributed by atoms with van der Waals surface area (Å²) in [5.41, 5.74) is -0.390. The van der Waals surface area contributed by atoms with E-state index < -0.39 is 11.7 Å². The molecule has 22 heavy (non-hydrogen) atoms. The van der Waals surface area contributed by atoms with Crippen LogP contribution in [-0.4, -0.2) is 35.6 Å². The molecule has 0 spiro atoms. The van der Waals surface area contributed by atoms with Gasteiger partial charge in [-0.05, 0) is 42.5 Å². The third kappa shape index (κ3) is 4.34. The Hall–Kier alpha value is -1.82. The zero-order valence-electron chi connectivity index (χ0n) is 12.0. The highest BCUT2D eigenvalue weighted by Gasteiger charge is 2.30. The van der Waals surface area contributed by atoms with Crippen LogP contribution >= 0.6 is 0 Å². The number of benzene rings is 1. The molecule has 0 aliphatic carbocycles. The number of amides is 1. The van der Waals surface area contributed by atoms with Gasteiger partial charge in [-0.2, -0.15) is 13.2 Å². The van der Waals surface area contributed by atoms with Crippen LogP contribution in [-0.2, 0) is 11.0 Å². The van der Waals surface area contributed by atoms with Crippen molar-refractivity contribution in [3.05, 3.63) is 41.5 Å². The van der Waals surface area contributed by atoms with E-state index in [4.69, 9.17) is 5.11 Å². The van der Waals surface area contributed by atoms with Gasteiger partial charge in [-0.25, -0.2) is 0 Å². The van der Waals surface area contributed by atoms with E-state index in [1.807, 2.05) is 0 Å². The normalized spacial score (nSPS) is 17.2. The van der Waals surface area contributed by atoms with Crippen molar-refractivity contribution in [2.45, 2.75) is 19.0 Å². The van der Waals surface area contributed by atoms with Crippen LogP contribution in [0.15, 0.2) is 30.3 Å². The summed E-state index contributed by atoms with van der Waals surface area (Å²) in [5, 5.41) is 9.05. The number of aliphatic hydroxyl groups is 1. The molecule has 0 atom stereocenters. The van der Waals surface area contributed by atoms with E-state index in [2.05, 4.69) is 0 Å². The first-order valence-corrected chi connectivity index (χ1v) is 7.15. The largest absolute Gasteiger partial charge is 0.416 e. The summed E-state index contributed by atoms with van der Waals surface area (Å²) in [5.74, 6) is 0.0188. The van der Waals surface area contributed by atoms with Crippen molar-refractivity contribution < 1.29 is 23.1 Å². The highest BCUT2D eigenvalue weighted by Crippen LogP contribution is 2.29. The molecule has 2 rings (SSSR count). The molecule has 120 valence electrons. The molecule has 0 aromatic heterocycles. The number of halogens is 3. The maximum atomic E-state index is 12.6. The highest BCUT2D eigenvalue weighted by atomic mass is 19.4. The van der Waals surface area contributed by atoms with Gasteiger partial charge in [0.1, 0.15) is 0 Å². The van der Waals surface area contributed by atoms with Crippen molar-refractivity contribution >= 4 is 12.0 Å². The van der Waals surface area contributed by atoms with Gasteiger partial charge in [0, 0.05) is 25.8 Å². The average Bonchev–Trinajstić information content (AvgIpc) is 2.52. The van der Waals surface area contributed by atoms with Gasteiger partial charge in [0.2, 0.25) is 5.91 Å². The lowest BCUT2D eigenvalue weighted by Gasteiger charge is -2.30. The quantitative estimate of drug-likeness (QED) is 0.872. The van der Waals surface area contributed by atoms with Crippen molar-refractivity contribution in [3.63, 3.8) is 0 Å². The summed E-state index contributed by atoms with van der Waals surface area (Å²) >= 11 is 0. The standard InChI is InChI=1S/C16H18F3NO2/c17-16(18,19)14-3-1-2-12(10-14)4-5-15(22)20-8-6-13(11-21)7-9-20/h1-5,10,13,21H,6-9,11H2/b5-4+. The molecule has 1 heterocycles. The molecule has 0 radical (unpaired) electrons. The molecular formula is C16H18F3NO2. The summed E-state index contributed by atoms with van der Waals surface area (Å²) in [6.45, 7) is 1.26. The summed E-state index contributed by atoms with van der Waals surface area (Å²) in [4.78, 5) is 13.7. The minimum absolute atomic E-state index is 0.127. The van der Waals surface area contributed by atoms with Crippen molar-refractivity contribution in [2.75, 3.05) is 19.7 Å². The molecule has 0 bridgehead atoms. The highest BCUT2D eigenvalue weighted by molar-refractivity contribution is 5.91. The summed E-state index contributed by atoms with van der Waals surface area (Å²) in [6.07, 6.45) is -0.191. The lowest BCUT2D eigenvalue weighted by molar-refractivity contribution is -0.137. The number of alkyl halides is 3. The van der Waals surface area contributed by atoms with Crippen molar-refractivity contribution in [3.8, 4) is 0 Å². The van der Waals surface area contributed by atoms with Crippen molar-refractivity contribution in [1.82, 2.24) is 4.90 Å². The van der Waals surface area contributed by atoms with Gasteiger partial charge in [0.25, 0.3) is 0 Å². The first kappa shape index (κ1) is 16.5. The summed E-state index contributed by atoms with van der Waals surface area (Å²) in [6, 6.07) is 4.86. The molecule has 0 saturated carbocycles. The summed E-state index contributed by atoms with van der Waals surface area (Å²) < 4.78 is 37.8. The monoisotopic (exact) mass is 313 g/mol. The number of hydrogen-bond donors (Lipinski definition) is 1. The molecule has 1 aliphatic rings. The number of likely N-dealkylation sites (tertiary alicyclic amines) is 1. The predicted molar refractivity (Wildman–Crippen MR) is 76.9 cm³/mol. The van der Waals surface area contributed by atoms with Crippen LogP contribution in [0, 0.1) is 5.92 Å². The first-order valence-electron chi connectivity index (χ1n) is 7.15. The van der Waals surface area contributed by atoms with E-state index in [1.54, 1.807) is 4.90 Å². The molecule has 3 nitrogen and oxygen atoms in total. The topological polar surface area (TPSA) is 40.5 Å². The lowest BCUT2D eigenvalue weighted by Crippen LogP contribution is -2.38. The third-order valence-electron chi connectivity index (χ3n) is 3.82. The second-order valence-electron chi connectivity index (χ2n) is 5.41. The number of rotatable bonds is 3. The minimum atomic E-state index is -4.39. The van der Waals surface area contributed by atoms with Crippen LogP contribution in [0.25, 0.3) is 6.08 Å². The van der Waals surface area contributed by atoms with Gasteiger partial charge in [0.15, 0.2) is 0 Å². The van der Waals surface area contributed by atoms with Crippen molar-refractivity contribution in [1.29, 1.82) is 0 Å². The minimum Gasteiger partial charge on any atom is -0.396 e. The number of piperidine rings is 1. The Morgan fingerprint density at radius 2 is 2.00 bits per heavy atom. The zero-order chi connectivity index (χ0) is 16.2.